The highest BCUT2D eigenvalue weighted by atomic mass is 35.5. The average Bonchev–Trinajstić information content (AvgIpc) is 3.20. The number of nitrogens with one attached hydrogen (secondary N) is 2. The van der Waals surface area contributed by atoms with Gasteiger partial charge in [-0.1, -0.05) is 18.5 Å². The molecule has 0 amide bonds. The molecule has 7 heteroatoms. The molecule has 0 radical (unpaired) electrons. The molecule has 2 heterocycles. The van der Waals surface area contributed by atoms with E-state index in [1.165, 1.54) is 18.5 Å². The van der Waals surface area contributed by atoms with Crippen molar-refractivity contribution >= 4 is 34.0 Å². The van der Waals surface area contributed by atoms with Crippen molar-refractivity contribution in [2.45, 2.75) is 19.9 Å². The lowest BCUT2D eigenvalue weighted by Crippen LogP contribution is -2.12. The Hall–Kier alpha value is -2.96. The summed E-state index contributed by atoms with van der Waals surface area (Å²) in [6.07, 6.45) is 2.56. The molecule has 4 rings (SSSR count). The molecule has 2 N–H and O–H groups in total. The van der Waals surface area contributed by atoms with Gasteiger partial charge in [0.1, 0.15) is 29.5 Å². The summed E-state index contributed by atoms with van der Waals surface area (Å²) < 4.78 is 19.4. The lowest BCUT2D eigenvalue weighted by Gasteiger charge is -2.10. The molecule has 2 aromatic carbocycles. The summed E-state index contributed by atoms with van der Waals surface area (Å²) in [4.78, 5) is 8.67. The van der Waals surface area contributed by atoms with Crippen LogP contribution in [0.1, 0.15) is 19.1 Å². The normalized spacial score (nSPS) is 11.1. The Morgan fingerprint density at radius 3 is 2.79 bits per heavy atom. The number of hydrogen-bond donors (Lipinski definition) is 2. The Morgan fingerprint density at radius 2 is 1.97 bits per heavy atom. The zero-order chi connectivity index (χ0) is 20.2. The molecule has 29 heavy (non-hydrogen) atoms. The van der Waals surface area contributed by atoms with Crippen molar-refractivity contribution in [3.8, 4) is 11.3 Å². The summed E-state index contributed by atoms with van der Waals surface area (Å²) in [5, 5.41) is 7.40. The predicted octanol–water partition coefficient (Wildman–Crippen LogP) is 5.93. The average molecular weight is 411 g/mol. The van der Waals surface area contributed by atoms with Crippen molar-refractivity contribution in [1.29, 1.82) is 0 Å². The van der Waals surface area contributed by atoms with E-state index in [-0.39, 0.29) is 5.02 Å². The van der Waals surface area contributed by atoms with E-state index in [0.717, 1.165) is 41.0 Å². The SMILES string of the molecule is CCCNCc1ccc(-c2ccc3ncnc(Nc4ccc(F)c(Cl)c4)c3c2)o1. The number of fused-ring (bicyclic) bond motifs is 1. The van der Waals surface area contributed by atoms with Crippen LogP contribution in [0.25, 0.3) is 22.2 Å². The van der Waals surface area contributed by atoms with E-state index < -0.39 is 5.82 Å². The molecular formula is C22H20ClFN4O. The zero-order valence-corrected chi connectivity index (χ0v) is 16.6. The van der Waals surface area contributed by atoms with Gasteiger partial charge in [-0.05, 0) is 61.5 Å². The minimum Gasteiger partial charge on any atom is -0.460 e. The van der Waals surface area contributed by atoms with Gasteiger partial charge in [0.2, 0.25) is 0 Å². The molecule has 0 fully saturated rings. The number of nitrogens with zero attached hydrogens (tertiary/aromatic N) is 2. The lowest BCUT2D eigenvalue weighted by molar-refractivity contribution is 0.493. The highest BCUT2D eigenvalue weighted by Crippen LogP contribution is 2.30. The second kappa shape index (κ2) is 8.59. The smallest absolute Gasteiger partial charge is 0.141 e. The van der Waals surface area contributed by atoms with Crippen LogP contribution < -0.4 is 10.6 Å². The van der Waals surface area contributed by atoms with Crippen LogP contribution in [-0.4, -0.2) is 16.5 Å². The van der Waals surface area contributed by atoms with Crippen molar-refractivity contribution in [3.63, 3.8) is 0 Å². The Bertz CT molecular complexity index is 1140. The quantitative estimate of drug-likeness (QED) is 0.370. The monoisotopic (exact) mass is 410 g/mol. The lowest BCUT2D eigenvalue weighted by atomic mass is 10.1. The van der Waals surface area contributed by atoms with Crippen LogP contribution in [0.2, 0.25) is 5.02 Å². The van der Waals surface area contributed by atoms with E-state index in [1.54, 1.807) is 6.07 Å². The van der Waals surface area contributed by atoms with E-state index >= 15 is 0 Å². The summed E-state index contributed by atoms with van der Waals surface area (Å²) in [5.74, 6) is 1.81. The number of anilines is 2. The molecule has 0 aliphatic carbocycles. The highest BCUT2D eigenvalue weighted by Gasteiger charge is 2.10. The first kappa shape index (κ1) is 19.4. The van der Waals surface area contributed by atoms with Crippen molar-refractivity contribution in [2.75, 3.05) is 11.9 Å². The molecule has 5 nitrogen and oxygen atoms in total. The maximum absolute atomic E-state index is 13.4. The first-order chi connectivity index (χ1) is 14.1. The van der Waals surface area contributed by atoms with Gasteiger partial charge in [-0.2, -0.15) is 0 Å². The summed E-state index contributed by atoms with van der Waals surface area (Å²) in [7, 11) is 0. The molecule has 0 saturated heterocycles. The summed E-state index contributed by atoms with van der Waals surface area (Å²) in [6, 6.07) is 14.3. The second-order valence-electron chi connectivity index (χ2n) is 6.65. The van der Waals surface area contributed by atoms with Crippen molar-refractivity contribution < 1.29 is 8.81 Å². The first-order valence-electron chi connectivity index (χ1n) is 9.40. The molecule has 0 aliphatic heterocycles. The number of benzene rings is 2. The van der Waals surface area contributed by atoms with E-state index in [9.17, 15) is 4.39 Å². The van der Waals surface area contributed by atoms with Crippen LogP contribution >= 0.6 is 11.6 Å². The van der Waals surface area contributed by atoms with Gasteiger partial charge < -0.3 is 15.1 Å². The van der Waals surface area contributed by atoms with Crippen LogP contribution in [0.3, 0.4) is 0 Å². The van der Waals surface area contributed by atoms with Crippen molar-refractivity contribution in [1.82, 2.24) is 15.3 Å². The molecule has 4 aromatic rings. The van der Waals surface area contributed by atoms with Crippen LogP contribution in [0.15, 0.2) is 59.3 Å². The highest BCUT2D eigenvalue weighted by molar-refractivity contribution is 6.31. The molecule has 0 saturated carbocycles. The summed E-state index contributed by atoms with van der Waals surface area (Å²) in [5.41, 5.74) is 2.36. The van der Waals surface area contributed by atoms with Gasteiger partial charge in [0.25, 0.3) is 0 Å². The molecule has 0 bridgehead atoms. The van der Waals surface area contributed by atoms with Gasteiger partial charge >= 0.3 is 0 Å². The molecule has 148 valence electrons. The Labute approximate surface area is 172 Å². The third-order valence-electron chi connectivity index (χ3n) is 4.49. The van der Waals surface area contributed by atoms with E-state index in [0.29, 0.717) is 18.1 Å². The van der Waals surface area contributed by atoms with Gasteiger partial charge in [0.05, 0.1) is 17.1 Å². The van der Waals surface area contributed by atoms with E-state index in [4.69, 9.17) is 16.0 Å². The zero-order valence-electron chi connectivity index (χ0n) is 15.9. The third-order valence-corrected chi connectivity index (χ3v) is 4.78. The molecule has 2 aromatic heterocycles. The molecule has 0 aliphatic rings. The van der Waals surface area contributed by atoms with E-state index in [1.807, 2.05) is 30.3 Å². The summed E-state index contributed by atoms with van der Waals surface area (Å²) in [6.45, 7) is 3.78. The van der Waals surface area contributed by atoms with Gasteiger partial charge in [-0.15, -0.1) is 0 Å². The second-order valence-corrected chi connectivity index (χ2v) is 7.06. The molecule has 0 spiro atoms. The Balaban J connectivity index is 1.64. The van der Waals surface area contributed by atoms with Crippen LogP contribution in [0.4, 0.5) is 15.9 Å². The largest absolute Gasteiger partial charge is 0.460 e. The Morgan fingerprint density at radius 1 is 1.07 bits per heavy atom. The first-order valence-corrected chi connectivity index (χ1v) is 9.78. The maximum Gasteiger partial charge on any atom is 0.141 e. The fourth-order valence-electron chi connectivity index (χ4n) is 3.04. The fraction of sp³-hybridized carbons (Fsp3) is 0.182. The summed E-state index contributed by atoms with van der Waals surface area (Å²) >= 11 is 5.89. The van der Waals surface area contributed by atoms with Gasteiger partial charge in [0.15, 0.2) is 0 Å². The third kappa shape index (κ3) is 4.39. The standard InChI is InChI=1S/C22H20ClFN4O/c1-2-9-25-12-16-5-8-21(29-16)14-3-7-20-17(10-14)22(27-13-26-20)28-15-4-6-19(24)18(23)11-15/h3-8,10-11,13,25H,2,9,12H2,1H3,(H,26,27,28). The number of halogens is 2. The minimum absolute atomic E-state index is 0.0499. The van der Waals surface area contributed by atoms with Gasteiger partial charge in [-0.3, -0.25) is 0 Å². The van der Waals surface area contributed by atoms with Gasteiger partial charge in [-0.25, -0.2) is 14.4 Å². The molecule has 0 atom stereocenters. The Kier molecular flexibility index (Phi) is 5.74. The number of rotatable bonds is 7. The molecule has 0 unspecified atom stereocenters. The number of furan rings is 1. The fourth-order valence-corrected chi connectivity index (χ4v) is 3.22. The molecular weight excluding hydrogens is 391 g/mol. The maximum atomic E-state index is 13.4. The predicted molar refractivity (Wildman–Crippen MR) is 114 cm³/mol. The van der Waals surface area contributed by atoms with Gasteiger partial charge in [0, 0.05) is 16.6 Å². The minimum atomic E-state index is -0.464. The van der Waals surface area contributed by atoms with Crippen molar-refractivity contribution in [3.05, 3.63) is 71.5 Å². The topological polar surface area (TPSA) is 63.0 Å². The van der Waals surface area contributed by atoms with Crippen LogP contribution in [0, 0.1) is 5.82 Å². The van der Waals surface area contributed by atoms with E-state index in [2.05, 4.69) is 27.5 Å². The number of aromatic nitrogens is 2. The number of hydrogen-bond acceptors (Lipinski definition) is 5. The van der Waals surface area contributed by atoms with Crippen molar-refractivity contribution in [2.24, 2.45) is 0 Å². The van der Waals surface area contributed by atoms with Crippen LogP contribution in [-0.2, 0) is 6.54 Å². The van der Waals surface area contributed by atoms with Crippen LogP contribution in [0.5, 0.6) is 0 Å².